The molecule has 4 rings (SSSR count). The number of carbonyl (C=O) groups is 1. The molecule has 0 fully saturated rings. The molecule has 0 N–H and O–H groups in total. The monoisotopic (exact) mass is 425 g/mol. The van der Waals surface area contributed by atoms with Crippen molar-refractivity contribution in [3.63, 3.8) is 0 Å². The first kappa shape index (κ1) is 19.4. The summed E-state index contributed by atoms with van der Waals surface area (Å²) in [6.45, 7) is 2.14. The highest BCUT2D eigenvalue weighted by atomic mass is 32.1. The predicted octanol–water partition coefficient (Wildman–Crippen LogP) is 4.95. The molecule has 0 atom stereocenters. The molecule has 3 aromatic heterocycles. The number of carbonyl (C=O) groups excluding carboxylic acids is 1. The number of esters is 1. The highest BCUT2D eigenvalue weighted by Crippen LogP contribution is 2.32. The van der Waals surface area contributed by atoms with Crippen molar-refractivity contribution in [3.8, 4) is 27.4 Å². The maximum absolute atomic E-state index is 12.5. The van der Waals surface area contributed by atoms with E-state index in [1.807, 2.05) is 55.9 Å². The van der Waals surface area contributed by atoms with E-state index >= 15 is 0 Å². The van der Waals surface area contributed by atoms with Gasteiger partial charge in [0.1, 0.15) is 22.2 Å². The fourth-order valence-electron chi connectivity index (χ4n) is 2.89. The van der Waals surface area contributed by atoms with Crippen LogP contribution in [0.1, 0.15) is 20.2 Å². The Bertz CT molecular complexity index is 1140. The van der Waals surface area contributed by atoms with Crippen molar-refractivity contribution in [2.24, 2.45) is 7.05 Å². The van der Waals surface area contributed by atoms with Crippen molar-refractivity contribution in [1.29, 1.82) is 0 Å². The summed E-state index contributed by atoms with van der Waals surface area (Å²) in [5.74, 6) is 0.462. The van der Waals surface area contributed by atoms with Crippen LogP contribution in [0.3, 0.4) is 0 Å². The molecule has 1 aromatic carbocycles. The maximum atomic E-state index is 12.5. The fraction of sp³-hybridized carbons (Fsp3) is 0.190. The zero-order valence-corrected chi connectivity index (χ0v) is 17.8. The number of ether oxygens (including phenoxy) is 2. The minimum absolute atomic E-state index is 0.143. The molecule has 148 valence electrons. The van der Waals surface area contributed by atoms with Gasteiger partial charge in [0, 0.05) is 29.1 Å². The second-order valence-electron chi connectivity index (χ2n) is 6.43. The van der Waals surface area contributed by atoms with E-state index in [9.17, 15) is 4.79 Å². The number of hydrogen-bond acceptors (Lipinski definition) is 7. The van der Waals surface area contributed by atoms with E-state index < -0.39 is 0 Å². The van der Waals surface area contributed by atoms with Gasteiger partial charge in [-0.1, -0.05) is 12.1 Å². The number of aromatic nitrogens is 3. The largest absolute Gasteiger partial charge is 0.497 e. The highest BCUT2D eigenvalue weighted by Gasteiger charge is 2.16. The molecular formula is C21H19N3O3S2. The Kier molecular flexibility index (Phi) is 5.46. The quantitative estimate of drug-likeness (QED) is 0.409. The SMILES string of the molecule is COc1ccc(-c2cc(C(=O)OCc3csc(-c4cnn(C)c4)n3)sc2C)cc1. The fourth-order valence-corrected chi connectivity index (χ4v) is 4.60. The maximum Gasteiger partial charge on any atom is 0.348 e. The number of benzene rings is 1. The molecule has 4 aromatic rings. The van der Waals surface area contributed by atoms with E-state index in [0.29, 0.717) is 4.88 Å². The van der Waals surface area contributed by atoms with Crippen LogP contribution in [-0.2, 0) is 18.4 Å². The minimum Gasteiger partial charge on any atom is -0.497 e. The molecule has 0 saturated heterocycles. The van der Waals surface area contributed by atoms with Gasteiger partial charge in [-0.2, -0.15) is 5.10 Å². The summed E-state index contributed by atoms with van der Waals surface area (Å²) in [4.78, 5) is 18.7. The molecule has 0 spiro atoms. The van der Waals surface area contributed by atoms with E-state index in [0.717, 1.165) is 38.0 Å². The summed E-state index contributed by atoms with van der Waals surface area (Å²) in [5.41, 5.74) is 3.75. The number of nitrogens with zero attached hydrogens (tertiary/aromatic N) is 3. The third-order valence-electron chi connectivity index (χ3n) is 4.37. The summed E-state index contributed by atoms with van der Waals surface area (Å²) < 4.78 is 12.4. The molecule has 0 aliphatic carbocycles. The molecule has 0 aliphatic heterocycles. The number of aryl methyl sites for hydroxylation is 2. The molecule has 6 nitrogen and oxygen atoms in total. The van der Waals surface area contributed by atoms with E-state index in [1.54, 1.807) is 18.0 Å². The normalized spacial score (nSPS) is 10.9. The average molecular weight is 426 g/mol. The van der Waals surface area contributed by atoms with Gasteiger partial charge in [-0.05, 0) is 36.2 Å². The van der Waals surface area contributed by atoms with Crippen LogP contribution in [0.4, 0.5) is 0 Å². The molecule has 0 unspecified atom stereocenters. The van der Waals surface area contributed by atoms with Gasteiger partial charge in [0.15, 0.2) is 0 Å². The van der Waals surface area contributed by atoms with Crippen LogP contribution in [0.5, 0.6) is 5.75 Å². The zero-order chi connectivity index (χ0) is 20.4. The van der Waals surface area contributed by atoms with Gasteiger partial charge in [0.2, 0.25) is 0 Å². The molecule has 0 aliphatic rings. The minimum atomic E-state index is -0.339. The number of thiazole rings is 1. The smallest absolute Gasteiger partial charge is 0.348 e. The predicted molar refractivity (Wildman–Crippen MR) is 114 cm³/mol. The second kappa shape index (κ2) is 8.18. The molecule has 0 bridgehead atoms. The van der Waals surface area contributed by atoms with Crippen molar-refractivity contribution in [1.82, 2.24) is 14.8 Å². The van der Waals surface area contributed by atoms with Crippen molar-refractivity contribution in [2.45, 2.75) is 13.5 Å². The molecule has 0 radical (unpaired) electrons. The number of rotatable bonds is 6. The van der Waals surface area contributed by atoms with Crippen LogP contribution >= 0.6 is 22.7 Å². The van der Waals surface area contributed by atoms with Crippen LogP contribution in [-0.4, -0.2) is 27.8 Å². The van der Waals surface area contributed by atoms with E-state index in [4.69, 9.17) is 9.47 Å². The van der Waals surface area contributed by atoms with Gasteiger partial charge < -0.3 is 9.47 Å². The van der Waals surface area contributed by atoms with Crippen molar-refractivity contribution in [3.05, 3.63) is 63.6 Å². The van der Waals surface area contributed by atoms with Crippen LogP contribution in [0.2, 0.25) is 0 Å². The molecule has 8 heteroatoms. The summed E-state index contributed by atoms with van der Waals surface area (Å²) >= 11 is 2.94. The number of methoxy groups -OCH3 is 1. The summed E-state index contributed by atoms with van der Waals surface area (Å²) in [6.07, 6.45) is 3.67. The molecule has 0 amide bonds. The lowest BCUT2D eigenvalue weighted by atomic mass is 10.1. The van der Waals surface area contributed by atoms with Gasteiger partial charge in [-0.15, -0.1) is 22.7 Å². The van der Waals surface area contributed by atoms with Gasteiger partial charge in [0.05, 0.1) is 19.0 Å². The lowest BCUT2D eigenvalue weighted by Gasteiger charge is -2.02. The Hall–Kier alpha value is -2.97. The first-order valence-corrected chi connectivity index (χ1v) is 10.6. The summed E-state index contributed by atoms with van der Waals surface area (Å²) in [5, 5.41) is 6.91. The number of hydrogen-bond donors (Lipinski definition) is 0. The lowest BCUT2D eigenvalue weighted by molar-refractivity contribution is 0.0474. The topological polar surface area (TPSA) is 66.2 Å². The van der Waals surface area contributed by atoms with Crippen LogP contribution in [0.25, 0.3) is 21.7 Å². The van der Waals surface area contributed by atoms with Crippen molar-refractivity contribution < 1.29 is 14.3 Å². The third-order valence-corrected chi connectivity index (χ3v) is 6.35. The molecule has 0 saturated carbocycles. The average Bonchev–Trinajstić information content (AvgIpc) is 3.46. The first-order chi connectivity index (χ1) is 14.0. The van der Waals surface area contributed by atoms with Crippen LogP contribution in [0, 0.1) is 6.92 Å². The van der Waals surface area contributed by atoms with E-state index in [1.165, 1.54) is 22.7 Å². The van der Waals surface area contributed by atoms with Crippen molar-refractivity contribution >= 4 is 28.6 Å². The summed E-state index contributed by atoms with van der Waals surface area (Å²) in [7, 11) is 3.50. The molecule has 29 heavy (non-hydrogen) atoms. The standard InChI is InChI=1S/C21H19N3O3S2/c1-13-18(14-4-6-17(26-3)7-5-14)8-19(29-13)21(25)27-11-16-12-28-20(23-16)15-9-22-24(2)10-15/h4-10,12H,11H2,1-3H3. The highest BCUT2D eigenvalue weighted by molar-refractivity contribution is 7.14. The lowest BCUT2D eigenvalue weighted by Crippen LogP contribution is -2.03. The molecule has 3 heterocycles. The number of thiophene rings is 1. The van der Waals surface area contributed by atoms with E-state index in [-0.39, 0.29) is 12.6 Å². The Morgan fingerprint density at radius 3 is 2.69 bits per heavy atom. The van der Waals surface area contributed by atoms with Gasteiger partial charge in [0.25, 0.3) is 0 Å². The van der Waals surface area contributed by atoms with Gasteiger partial charge >= 0.3 is 5.97 Å². The van der Waals surface area contributed by atoms with E-state index in [2.05, 4.69) is 10.1 Å². The van der Waals surface area contributed by atoms with Crippen LogP contribution < -0.4 is 4.74 Å². The third kappa shape index (κ3) is 4.23. The Balaban J connectivity index is 1.43. The Labute approximate surface area is 176 Å². The van der Waals surface area contributed by atoms with Crippen molar-refractivity contribution in [2.75, 3.05) is 7.11 Å². The Morgan fingerprint density at radius 2 is 2.00 bits per heavy atom. The zero-order valence-electron chi connectivity index (χ0n) is 16.2. The van der Waals surface area contributed by atoms with Gasteiger partial charge in [-0.25, -0.2) is 9.78 Å². The Morgan fingerprint density at radius 1 is 1.21 bits per heavy atom. The second-order valence-corrected chi connectivity index (χ2v) is 8.55. The van der Waals surface area contributed by atoms with Gasteiger partial charge in [-0.3, -0.25) is 4.68 Å². The first-order valence-electron chi connectivity index (χ1n) is 8.89. The van der Waals surface area contributed by atoms with Crippen LogP contribution in [0.15, 0.2) is 48.1 Å². The summed E-state index contributed by atoms with van der Waals surface area (Å²) in [6, 6.07) is 9.67. The molecular weight excluding hydrogens is 406 g/mol.